The highest BCUT2D eigenvalue weighted by Crippen LogP contribution is 2.22. The molecule has 2 rings (SSSR count). The molecule has 0 saturated carbocycles. The summed E-state index contributed by atoms with van der Waals surface area (Å²) in [6.07, 6.45) is 1.62. The van der Waals surface area contributed by atoms with Gasteiger partial charge in [-0.15, -0.1) is 0 Å². The van der Waals surface area contributed by atoms with Crippen molar-refractivity contribution in [3.63, 3.8) is 0 Å². The van der Waals surface area contributed by atoms with Crippen LogP contribution in [0, 0.1) is 17.2 Å². The maximum absolute atomic E-state index is 12.1. The zero-order valence-electron chi connectivity index (χ0n) is 14.5. The predicted octanol–water partition coefficient (Wildman–Crippen LogP) is 3.00. The van der Waals surface area contributed by atoms with E-state index in [0.29, 0.717) is 12.3 Å². The summed E-state index contributed by atoms with van der Waals surface area (Å²) >= 11 is 0. The van der Waals surface area contributed by atoms with E-state index in [4.69, 9.17) is 0 Å². The third kappa shape index (κ3) is 4.56. The molecule has 0 N–H and O–H groups in total. The first-order chi connectivity index (χ1) is 11.0. The van der Waals surface area contributed by atoms with E-state index in [2.05, 4.69) is 56.0 Å². The third-order valence-electron chi connectivity index (χ3n) is 4.44. The van der Waals surface area contributed by atoms with Gasteiger partial charge in [-0.3, -0.25) is 9.69 Å². The van der Waals surface area contributed by atoms with Crippen molar-refractivity contribution in [1.29, 1.82) is 5.26 Å². The van der Waals surface area contributed by atoms with Gasteiger partial charge in [0.2, 0.25) is 5.91 Å². The van der Waals surface area contributed by atoms with Gasteiger partial charge in [-0.2, -0.15) is 5.26 Å². The minimum Gasteiger partial charge on any atom is -0.340 e. The zero-order chi connectivity index (χ0) is 16.8. The number of amides is 1. The number of piperazine rings is 1. The number of nitrogens with zero attached hydrogens (tertiary/aromatic N) is 3. The summed E-state index contributed by atoms with van der Waals surface area (Å²) in [5, 5.41) is 9.58. The van der Waals surface area contributed by atoms with Crippen molar-refractivity contribution in [3.05, 3.63) is 35.4 Å². The van der Waals surface area contributed by atoms with Crippen LogP contribution in [0.3, 0.4) is 0 Å². The molecule has 0 spiro atoms. The molecule has 1 saturated heterocycles. The van der Waals surface area contributed by atoms with Crippen molar-refractivity contribution < 1.29 is 4.79 Å². The van der Waals surface area contributed by atoms with Crippen LogP contribution in [0.5, 0.6) is 0 Å². The highest BCUT2D eigenvalue weighted by Gasteiger charge is 2.27. The molecule has 4 nitrogen and oxygen atoms in total. The van der Waals surface area contributed by atoms with Gasteiger partial charge in [0.1, 0.15) is 6.04 Å². The molecule has 0 aromatic heterocycles. The Kier molecular flexibility index (Phi) is 6.18. The van der Waals surface area contributed by atoms with E-state index in [1.54, 1.807) is 0 Å². The first kappa shape index (κ1) is 17.5. The molecule has 1 heterocycles. The number of benzene rings is 1. The maximum atomic E-state index is 12.1. The minimum atomic E-state index is -0.219. The number of rotatable bonds is 5. The quantitative estimate of drug-likeness (QED) is 0.839. The largest absolute Gasteiger partial charge is 0.340 e. The van der Waals surface area contributed by atoms with E-state index < -0.39 is 0 Å². The maximum Gasteiger partial charge on any atom is 0.222 e. The van der Waals surface area contributed by atoms with Crippen molar-refractivity contribution in [2.75, 3.05) is 26.2 Å². The second-order valence-electron chi connectivity index (χ2n) is 6.64. The molecule has 1 amide bonds. The van der Waals surface area contributed by atoms with Crippen LogP contribution >= 0.6 is 0 Å². The van der Waals surface area contributed by atoms with Crippen LogP contribution in [-0.4, -0.2) is 41.9 Å². The summed E-state index contributed by atoms with van der Waals surface area (Å²) < 4.78 is 0. The predicted molar refractivity (Wildman–Crippen MR) is 91.8 cm³/mol. The summed E-state index contributed by atoms with van der Waals surface area (Å²) in [5.41, 5.74) is 2.33. The summed E-state index contributed by atoms with van der Waals surface area (Å²) in [4.78, 5) is 16.3. The van der Waals surface area contributed by atoms with Crippen LogP contribution < -0.4 is 0 Å². The fourth-order valence-corrected chi connectivity index (χ4v) is 3.01. The average Bonchev–Trinajstić information content (AvgIpc) is 2.56. The Morgan fingerprint density at radius 1 is 1.17 bits per heavy atom. The number of nitriles is 1. The van der Waals surface area contributed by atoms with E-state index in [-0.39, 0.29) is 11.9 Å². The van der Waals surface area contributed by atoms with E-state index in [1.807, 2.05) is 4.90 Å². The van der Waals surface area contributed by atoms with Crippen LogP contribution in [0.2, 0.25) is 0 Å². The first-order valence-corrected chi connectivity index (χ1v) is 8.55. The summed E-state index contributed by atoms with van der Waals surface area (Å²) in [6.45, 7) is 9.23. The lowest BCUT2D eigenvalue weighted by Crippen LogP contribution is -2.49. The normalized spacial score (nSPS) is 17.1. The molecule has 0 bridgehead atoms. The number of carbonyl (C=O) groups excluding carboxylic acids is 1. The number of carbonyl (C=O) groups is 1. The Hall–Kier alpha value is -1.86. The fraction of sp³-hybridized carbons (Fsp3) is 0.579. The van der Waals surface area contributed by atoms with Crippen LogP contribution in [0.1, 0.15) is 44.4 Å². The van der Waals surface area contributed by atoms with Gasteiger partial charge in [-0.05, 0) is 23.5 Å². The Balaban J connectivity index is 1.97. The van der Waals surface area contributed by atoms with Crippen molar-refractivity contribution in [2.45, 2.75) is 39.7 Å². The first-order valence-electron chi connectivity index (χ1n) is 8.55. The average molecular weight is 313 g/mol. The highest BCUT2D eigenvalue weighted by molar-refractivity contribution is 5.76. The van der Waals surface area contributed by atoms with Crippen LogP contribution in [0.25, 0.3) is 0 Å². The van der Waals surface area contributed by atoms with Gasteiger partial charge in [0.25, 0.3) is 0 Å². The van der Waals surface area contributed by atoms with Crippen molar-refractivity contribution in [2.24, 2.45) is 5.92 Å². The SMILES string of the molecule is CCc1ccc(C(C#N)N2CCN(C(=O)CC(C)C)CC2)cc1. The van der Waals surface area contributed by atoms with Gasteiger partial charge in [-0.1, -0.05) is 45.0 Å². The topological polar surface area (TPSA) is 47.3 Å². The molecule has 1 atom stereocenters. The molecule has 124 valence electrons. The molecule has 1 aliphatic rings. The Morgan fingerprint density at radius 2 is 1.78 bits per heavy atom. The van der Waals surface area contributed by atoms with Gasteiger partial charge >= 0.3 is 0 Å². The van der Waals surface area contributed by atoms with Crippen LogP contribution in [0.4, 0.5) is 0 Å². The molecule has 1 aliphatic heterocycles. The van der Waals surface area contributed by atoms with E-state index in [9.17, 15) is 10.1 Å². The Bertz CT molecular complexity index is 551. The van der Waals surface area contributed by atoms with Gasteiger partial charge in [0, 0.05) is 32.6 Å². The highest BCUT2D eigenvalue weighted by atomic mass is 16.2. The zero-order valence-corrected chi connectivity index (χ0v) is 14.5. The van der Waals surface area contributed by atoms with Gasteiger partial charge in [-0.25, -0.2) is 0 Å². The van der Waals surface area contributed by atoms with Crippen molar-refractivity contribution in [1.82, 2.24) is 9.80 Å². The summed E-state index contributed by atoms with van der Waals surface area (Å²) in [6, 6.07) is 10.5. The molecule has 1 fully saturated rings. The summed E-state index contributed by atoms with van der Waals surface area (Å²) in [7, 11) is 0. The number of aryl methyl sites for hydroxylation is 1. The molecule has 23 heavy (non-hydrogen) atoms. The molecular weight excluding hydrogens is 286 g/mol. The molecule has 1 aromatic rings. The molecule has 0 aliphatic carbocycles. The molecule has 1 unspecified atom stereocenters. The van der Waals surface area contributed by atoms with Crippen LogP contribution in [-0.2, 0) is 11.2 Å². The Labute approximate surface area is 139 Å². The van der Waals surface area contributed by atoms with Crippen molar-refractivity contribution in [3.8, 4) is 6.07 Å². The standard InChI is InChI=1S/C19H27N3O/c1-4-16-5-7-17(8-6-16)18(14-20)21-9-11-22(12-10-21)19(23)13-15(2)3/h5-8,15,18H,4,9-13H2,1-3H3. The fourth-order valence-electron chi connectivity index (χ4n) is 3.01. The van der Waals surface area contributed by atoms with Crippen molar-refractivity contribution >= 4 is 5.91 Å². The molecule has 0 radical (unpaired) electrons. The van der Waals surface area contributed by atoms with E-state index in [0.717, 1.165) is 38.2 Å². The molecule has 1 aromatic carbocycles. The van der Waals surface area contributed by atoms with E-state index >= 15 is 0 Å². The lowest BCUT2D eigenvalue weighted by atomic mass is 10.0. The number of hydrogen-bond acceptors (Lipinski definition) is 3. The van der Waals surface area contributed by atoms with Crippen LogP contribution in [0.15, 0.2) is 24.3 Å². The number of hydrogen-bond donors (Lipinski definition) is 0. The summed E-state index contributed by atoms with van der Waals surface area (Å²) in [5.74, 6) is 0.630. The lowest BCUT2D eigenvalue weighted by molar-refractivity contribution is -0.133. The van der Waals surface area contributed by atoms with E-state index in [1.165, 1.54) is 5.56 Å². The van der Waals surface area contributed by atoms with Gasteiger partial charge in [0.05, 0.1) is 6.07 Å². The second-order valence-corrected chi connectivity index (χ2v) is 6.64. The Morgan fingerprint density at radius 3 is 2.26 bits per heavy atom. The molecule has 4 heteroatoms. The smallest absolute Gasteiger partial charge is 0.222 e. The second kappa shape index (κ2) is 8.12. The minimum absolute atomic E-state index is 0.219. The van der Waals surface area contributed by atoms with Gasteiger partial charge in [0.15, 0.2) is 0 Å². The third-order valence-corrected chi connectivity index (χ3v) is 4.44. The monoisotopic (exact) mass is 313 g/mol. The lowest BCUT2D eigenvalue weighted by Gasteiger charge is -2.37. The molecular formula is C19H27N3O. The van der Waals surface area contributed by atoms with Gasteiger partial charge < -0.3 is 4.90 Å².